The van der Waals surface area contributed by atoms with Gasteiger partial charge in [-0.05, 0) is 37.1 Å². The Hall–Kier alpha value is -1.78. The van der Waals surface area contributed by atoms with Gasteiger partial charge >= 0.3 is 5.97 Å². The number of ether oxygens (including phenoxy) is 1. The third-order valence-corrected chi connectivity index (χ3v) is 4.17. The van der Waals surface area contributed by atoms with Gasteiger partial charge in [-0.25, -0.2) is 4.79 Å². The zero-order chi connectivity index (χ0) is 17.1. The van der Waals surface area contributed by atoms with Gasteiger partial charge in [0.25, 0.3) is 5.91 Å². The molecule has 1 aliphatic rings. The molecule has 23 heavy (non-hydrogen) atoms. The molecule has 0 fully saturated rings. The number of halogens is 2. The molecule has 0 radical (unpaired) electrons. The number of hydrogen-bond acceptors (Lipinski definition) is 3. The van der Waals surface area contributed by atoms with Gasteiger partial charge in [0.15, 0.2) is 0 Å². The van der Waals surface area contributed by atoms with Gasteiger partial charge in [-0.15, -0.1) is 0 Å². The lowest BCUT2D eigenvalue weighted by atomic mass is 10.0. The van der Waals surface area contributed by atoms with Gasteiger partial charge in [0.1, 0.15) is 0 Å². The third-order valence-electron chi connectivity index (χ3n) is 3.61. The quantitative estimate of drug-likeness (QED) is 0.605. The molecule has 6 heteroatoms. The zero-order valence-corrected chi connectivity index (χ0v) is 14.7. The summed E-state index contributed by atoms with van der Waals surface area (Å²) in [4.78, 5) is 26.3. The van der Waals surface area contributed by atoms with Crippen LogP contribution in [-0.2, 0) is 14.3 Å². The van der Waals surface area contributed by atoms with Crippen molar-refractivity contribution in [2.75, 3.05) is 13.7 Å². The topological polar surface area (TPSA) is 46.6 Å². The minimum Gasteiger partial charge on any atom is -0.465 e. The Morgan fingerprint density at radius 3 is 2.61 bits per heavy atom. The van der Waals surface area contributed by atoms with Crippen LogP contribution < -0.4 is 0 Å². The number of methoxy groups -OCH3 is 1. The van der Waals surface area contributed by atoms with E-state index in [1.165, 1.54) is 7.11 Å². The fourth-order valence-corrected chi connectivity index (χ4v) is 2.96. The molecule has 1 heterocycles. The van der Waals surface area contributed by atoms with Crippen molar-refractivity contribution in [2.24, 2.45) is 0 Å². The molecule has 0 saturated heterocycles. The van der Waals surface area contributed by atoms with Crippen LogP contribution in [0.3, 0.4) is 0 Å². The molecule has 1 amide bonds. The average molecular weight is 354 g/mol. The van der Waals surface area contributed by atoms with Gasteiger partial charge in [-0.3, -0.25) is 4.79 Å². The number of rotatable bonds is 4. The molecule has 0 atom stereocenters. The maximum absolute atomic E-state index is 12.7. The minimum atomic E-state index is -0.536. The summed E-state index contributed by atoms with van der Waals surface area (Å²) in [6.07, 6.45) is 2.39. The molecular formula is C17H17Cl2NO3. The SMILES string of the molecule is CCCN1C(=O)/C(=C\c2ccc(Cl)cc2Cl)C(C(=O)OC)=C1C. The standard InChI is InChI=1S/C17H17Cl2NO3/c1-4-7-20-10(2)15(17(22)23-3)13(16(20)21)8-11-5-6-12(18)9-14(11)19/h5-6,8-9H,4,7H2,1-3H3/b13-8-. The van der Waals surface area contributed by atoms with E-state index in [1.807, 2.05) is 6.92 Å². The van der Waals surface area contributed by atoms with Crippen molar-refractivity contribution >= 4 is 41.2 Å². The second kappa shape index (κ2) is 7.20. The second-order valence-electron chi connectivity index (χ2n) is 5.13. The number of benzene rings is 1. The highest BCUT2D eigenvalue weighted by Gasteiger charge is 2.36. The molecule has 1 aromatic carbocycles. The Balaban J connectivity index is 2.56. The van der Waals surface area contributed by atoms with Crippen LogP contribution in [0.15, 0.2) is 35.0 Å². The average Bonchev–Trinajstić information content (AvgIpc) is 2.74. The monoisotopic (exact) mass is 353 g/mol. The smallest absolute Gasteiger partial charge is 0.340 e. The lowest BCUT2D eigenvalue weighted by molar-refractivity contribution is -0.136. The molecule has 0 spiro atoms. The number of allylic oxidation sites excluding steroid dienone is 1. The predicted octanol–water partition coefficient (Wildman–Crippen LogP) is 4.08. The molecular weight excluding hydrogens is 337 g/mol. The van der Waals surface area contributed by atoms with Crippen LogP contribution in [-0.4, -0.2) is 30.4 Å². The molecule has 1 aromatic rings. The third kappa shape index (κ3) is 3.43. The number of carbonyl (C=O) groups excluding carboxylic acids is 2. The van der Waals surface area contributed by atoms with Crippen molar-refractivity contribution < 1.29 is 14.3 Å². The molecule has 0 saturated carbocycles. The minimum absolute atomic E-state index is 0.226. The molecule has 0 aromatic heterocycles. The summed E-state index contributed by atoms with van der Waals surface area (Å²) in [5, 5.41) is 0.913. The Morgan fingerprint density at radius 1 is 1.35 bits per heavy atom. The first-order valence-corrected chi connectivity index (χ1v) is 7.94. The van der Waals surface area contributed by atoms with Crippen LogP contribution in [0.5, 0.6) is 0 Å². The molecule has 2 rings (SSSR count). The van der Waals surface area contributed by atoms with E-state index in [9.17, 15) is 9.59 Å². The number of hydrogen-bond donors (Lipinski definition) is 0. The lowest BCUT2D eigenvalue weighted by Gasteiger charge is -2.16. The van der Waals surface area contributed by atoms with Crippen molar-refractivity contribution in [3.63, 3.8) is 0 Å². The first-order valence-electron chi connectivity index (χ1n) is 7.18. The number of nitrogens with zero attached hydrogens (tertiary/aromatic N) is 1. The zero-order valence-electron chi connectivity index (χ0n) is 13.2. The number of carbonyl (C=O) groups is 2. The molecule has 0 bridgehead atoms. The van der Waals surface area contributed by atoms with E-state index in [2.05, 4.69) is 0 Å². The van der Waals surface area contributed by atoms with E-state index in [4.69, 9.17) is 27.9 Å². The van der Waals surface area contributed by atoms with Crippen LogP contribution in [0.1, 0.15) is 25.8 Å². The predicted molar refractivity (Wildman–Crippen MR) is 91.2 cm³/mol. The van der Waals surface area contributed by atoms with Gasteiger partial charge in [0.05, 0.1) is 18.3 Å². The van der Waals surface area contributed by atoms with Crippen LogP contribution in [0.4, 0.5) is 0 Å². The maximum atomic E-state index is 12.7. The van der Waals surface area contributed by atoms with Crippen molar-refractivity contribution in [1.82, 2.24) is 4.90 Å². The fraction of sp³-hybridized carbons (Fsp3) is 0.294. The summed E-state index contributed by atoms with van der Waals surface area (Å²) in [7, 11) is 1.29. The molecule has 0 N–H and O–H groups in total. The van der Waals surface area contributed by atoms with Gasteiger partial charge in [0.2, 0.25) is 0 Å². The Bertz CT molecular complexity index is 723. The van der Waals surface area contributed by atoms with Gasteiger partial charge < -0.3 is 9.64 Å². The maximum Gasteiger partial charge on any atom is 0.340 e. The molecule has 122 valence electrons. The van der Waals surface area contributed by atoms with Gasteiger partial charge in [0, 0.05) is 22.3 Å². The summed E-state index contributed by atoms with van der Waals surface area (Å²) >= 11 is 12.1. The summed E-state index contributed by atoms with van der Waals surface area (Å²) in [6, 6.07) is 4.97. The Kier molecular flexibility index (Phi) is 5.50. The summed E-state index contributed by atoms with van der Waals surface area (Å²) < 4.78 is 4.83. The highest BCUT2D eigenvalue weighted by atomic mass is 35.5. The van der Waals surface area contributed by atoms with Crippen molar-refractivity contribution in [3.05, 3.63) is 50.7 Å². The van der Waals surface area contributed by atoms with E-state index in [0.29, 0.717) is 27.9 Å². The van der Waals surface area contributed by atoms with Gasteiger partial charge in [-0.1, -0.05) is 36.2 Å². The van der Waals surface area contributed by atoms with E-state index >= 15 is 0 Å². The van der Waals surface area contributed by atoms with Crippen molar-refractivity contribution in [2.45, 2.75) is 20.3 Å². The van der Waals surface area contributed by atoms with Crippen LogP contribution >= 0.6 is 23.2 Å². The molecule has 1 aliphatic heterocycles. The number of amides is 1. The first-order chi connectivity index (χ1) is 10.9. The van der Waals surface area contributed by atoms with Crippen molar-refractivity contribution in [3.8, 4) is 0 Å². The normalized spacial score (nSPS) is 16.5. The van der Waals surface area contributed by atoms with E-state index in [0.717, 1.165) is 6.42 Å². The summed E-state index contributed by atoms with van der Waals surface area (Å²) in [6.45, 7) is 4.25. The van der Waals surface area contributed by atoms with E-state index in [1.54, 1.807) is 36.1 Å². The first kappa shape index (κ1) is 17.6. The molecule has 0 aliphatic carbocycles. The summed E-state index contributed by atoms with van der Waals surface area (Å²) in [5.41, 5.74) is 1.77. The largest absolute Gasteiger partial charge is 0.465 e. The van der Waals surface area contributed by atoms with E-state index in [-0.39, 0.29) is 17.1 Å². The molecule has 0 unspecified atom stereocenters. The highest BCUT2D eigenvalue weighted by Crippen LogP contribution is 2.33. The van der Waals surface area contributed by atoms with Crippen molar-refractivity contribution in [1.29, 1.82) is 0 Å². The lowest BCUT2D eigenvalue weighted by Crippen LogP contribution is -2.25. The second-order valence-corrected chi connectivity index (χ2v) is 5.98. The Labute approximate surface area is 145 Å². The number of esters is 1. The van der Waals surface area contributed by atoms with Crippen LogP contribution in [0.25, 0.3) is 6.08 Å². The summed E-state index contributed by atoms with van der Waals surface area (Å²) in [5.74, 6) is -0.762. The van der Waals surface area contributed by atoms with Gasteiger partial charge in [-0.2, -0.15) is 0 Å². The Morgan fingerprint density at radius 2 is 2.04 bits per heavy atom. The molecule has 4 nitrogen and oxygen atoms in total. The van der Waals surface area contributed by atoms with E-state index < -0.39 is 5.97 Å². The van der Waals surface area contributed by atoms with Crippen LogP contribution in [0, 0.1) is 0 Å². The fourth-order valence-electron chi connectivity index (χ4n) is 2.50. The van der Waals surface area contributed by atoms with Crippen LogP contribution in [0.2, 0.25) is 10.0 Å². The highest BCUT2D eigenvalue weighted by molar-refractivity contribution is 6.35.